The molecule has 4 bridgehead atoms. The van der Waals surface area contributed by atoms with Crippen molar-refractivity contribution in [3.63, 3.8) is 0 Å². The van der Waals surface area contributed by atoms with E-state index in [2.05, 4.69) is 10.6 Å². The number of ether oxygens (including phenoxy) is 2. The molecule has 6 rings (SSSR count). The maximum atomic E-state index is 13.0. The van der Waals surface area contributed by atoms with Gasteiger partial charge in [0.05, 0.1) is 37.1 Å². The molecule has 5 saturated heterocycles. The third kappa shape index (κ3) is 3.49. The molecule has 6 fully saturated rings. The second-order valence-electron chi connectivity index (χ2n) is 9.55. The minimum absolute atomic E-state index is 0.805. The first-order chi connectivity index (χ1) is 17.4. The number of phosphoric ester groups is 1. The zero-order valence-electron chi connectivity index (χ0n) is 18.6. The summed E-state index contributed by atoms with van der Waals surface area (Å²) in [6, 6.07) is -4.68. The maximum Gasteiger partial charge on any atom is 0.472 e. The summed E-state index contributed by atoms with van der Waals surface area (Å²) < 4.78 is 33.7. The Bertz CT molecular complexity index is 1110. The molecule has 5 unspecified atom stereocenters. The molecule has 5 heterocycles. The van der Waals surface area contributed by atoms with Gasteiger partial charge in [0.15, 0.2) is 12.5 Å². The monoisotopic (exact) mass is 550 g/mol. The second-order valence-corrected chi connectivity index (χ2v) is 11.0. The zero-order chi connectivity index (χ0) is 26.5. The lowest BCUT2D eigenvalue weighted by molar-refractivity contribution is -0.200. The zero-order valence-corrected chi connectivity index (χ0v) is 19.5. The van der Waals surface area contributed by atoms with E-state index in [1.165, 1.54) is 0 Å². The molecule has 37 heavy (non-hydrogen) atoms. The van der Waals surface area contributed by atoms with Crippen molar-refractivity contribution in [1.82, 2.24) is 20.4 Å². The highest BCUT2D eigenvalue weighted by Crippen LogP contribution is 2.52. The van der Waals surface area contributed by atoms with Gasteiger partial charge in [-0.15, -0.1) is 0 Å². The molecule has 1 aliphatic carbocycles. The average molecular weight is 550 g/mol. The molecule has 0 aromatic rings. The van der Waals surface area contributed by atoms with Crippen LogP contribution in [0.5, 0.6) is 0 Å². The highest BCUT2D eigenvalue weighted by molar-refractivity contribution is 7.47. The molecule has 7 N–H and O–H groups in total. The van der Waals surface area contributed by atoms with Crippen LogP contribution in [0.15, 0.2) is 0 Å². The number of nitrogens with zero attached hydrogens (tertiary/aromatic N) is 2. The lowest BCUT2D eigenvalue weighted by Gasteiger charge is -2.62. The molecule has 204 valence electrons. The Morgan fingerprint density at radius 1 is 0.865 bits per heavy atom. The number of urea groups is 2. The SMILES string of the molecule is O=C1NC(=O)N2[C@H]3[C@@H]1[C@@H]1C(=O)NC(=O)N([C@@H]13)[C@H]1O[C@H](CO)C(OP(=O)(O)OC[C@H]3O[C@H]2C(O)C3O)C1O. The van der Waals surface area contributed by atoms with E-state index in [0.29, 0.717) is 0 Å². The Morgan fingerprint density at radius 3 is 1.95 bits per heavy atom. The normalized spacial score (nSPS) is 51.2. The fourth-order valence-corrected chi connectivity index (χ4v) is 7.00. The summed E-state index contributed by atoms with van der Waals surface area (Å²) in [5.41, 5.74) is 0. The van der Waals surface area contributed by atoms with Gasteiger partial charge in [-0.05, 0) is 0 Å². The van der Waals surface area contributed by atoms with Gasteiger partial charge < -0.3 is 34.8 Å². The van der Waals surface area contributed by atoms with Gasteiger partial charge in [0.25, 0.3) is 0 Å². The molecule has 19 heteroatoms. The predicted molar refractivity (Wildman–Crippen MR) is 108 cm³/mol. The number of imide groups is 2. The highest BCUT2D eigenvalue weighted by Gasteiger charge is 2.71. The fourth-order valence-electron chi connectivity index (χ4n) is 6.04. The van der Waals surface area contributed by atoms with Crippen LogP contribution in [-0.4, -0.2) is 133 Å². The van der Waals surface area contributed by atoms with Gasteiger partial charge in [-0.3, -0.25) is 39.1 Å². The molecule has 6 amide bonds. The van der Waals surface area contributed by atoms with E-state index in [1.807, 2.05) is 0 Å². The molecule has 5 aliphatic heterocycles. The molecule has 13 atom stereocenters. The van der Waals surface area contributed by atoms with E-state index < -0.39 is 118 Å². The van der Waals surface area contributed by atoms with Crippen molar-refractivity contribution in [3.8, 4) is 0 Å². The number of aliphatic hydroxyl groups is 4. The Balaban J connectivity index is 1.48. The molecule has 0 spiro atoms. The lowest BCUT2D eigenvalue weighted by atomic mass is 9.60. The van der Waals surface area contributed by atoms with Crippen molar-refractivity contribution in [3.05, 3.63) is 0 Å². The maximum absolute atomic E-state index is 13.0. The summed E-state index contributed by atoms with van der Waals surface area (Å²) in [5, 5.41) is 46.0. The molecular weight excluding hydrogens is 527 g/mol. The third-order valence-corrected chi connectivity index (χ3v) is 8.67. The molecular formula is C18H23N4O14P. The quantitative estimate of drug-likeness (QED) is 0.151. The second kappa shape index (κ2) is 8.37. The molecule has 6 aliphatic rings. The number of fused-ring (bicyclic) bond motifs is 7. The number of aliphatic hydroxyl groups excluding tert-OH is 4. The number of carbonyl (C=O) groups is 4. The van der Waals surface area contributed by atoms with Gasteiger partial charge in [0.2, 0.25) is 11.8 Å². The van der Waals surface area contributed by atoms with Crippen molar-refractivity contribution in [2.75, 3.05) is 13.2 Å². The van der Waals surface area contributed by atoms with Gasteiger partial charge in [0, 0.05) is 0 Å². The standard InChI is InChI=1S/C18H23N4O14P/c23-1-3-12-11(26)16(34-3)22-8-6(14(28)20-18(22)30)5-7(8)21(17(29)19-13(5)27)15-10(25)9(24)4(35-15)2-33-37(31,32)36-12/h3-12,15-16,23-26H,1-2H2,(H,31,32)(H,19,27,29)(H,20,28,30)/t3-,4-,5+,6+,7+,8+,9?,10?,11?,12?,15+,16+/m1/s1. The predicted octanol–water partition coefficient (Wildman–Crippen LogP) is -4.89. The van der Waals surface area contributed by atoms with Crippen LogP contribution < -0.4 is 10.6 Å². The van der Waals surface area contributed by atoms with Crippen LogP contribution in [0.4, 0.5) is 9.59 Å². The lowest BCUT2D eigenvalue weighted by Crippen LogP contribution is -2.85. The summed E-state index contributed by atoms with van der Waals surface area (Å²) in [6.45, 7) is -1.63. The molecule has 18 nitrogen and oxygen atoms in total. The number of rotatable bonds is 1. The first-order valence-corrected chi connectivity index (χ1v) is 12.8. The number of carbonyl (C=O) groups excluding carboxylic acids is 4. The largest absolute Gasteiger partial charge is 0.472 e. The third-order valence-electron chi connectivity index (χ3n) is 7.68. The number of hydrogen-bond donors (Lipinski definition) is 7. The smallest absolute Gasteiger partial charge is 0.394 e. The van der Waals surface area contributed by atoms with E-state index in [4.69, 9.17) is 18.5 Å². The molecule has 1 saturated carbocycles. The minimum atomic E-state index is -5.02. The van der Waals surface area contributed by atoms with Gasteiger partial charge in [-0.1, -0.05) is 0 Å². The van der Waals surface area contributed by atoms with Gasteiger partial charge in [-0.2, -0.15) is 0 Å². The van der Waals surface area contributed by atoms with E-state index in [0.717, 1.165) is 9.80 Å². The molecule has 0 aromatic heterocycles. The number of phosphoric acid groups is 1. The van der Waals surface area contributed by atoms with Crippen LogP contribution in [0.3, 0.4) is 0 Å². The van der Waals surface area contributed by atoms with Crippen molar-refractivity contribution in [1.29, 1.82) is 0 Å². The van der Waals surface area contributed by atoms with Crippen molar-refractivity contribution < 1.29 is 67.6 Å². The summed E-state index contributed by atoms with van der Waals surface area (Å²) in [5.74, 6) is -4.09. The van der Waals surface area contributed by atoms with Crippen LogP contribution in [0.2, 0.25) is 0 Å². The minimum Gasteiger partial charge on any atom is -0.394 e. The van der Waals surface area contributed by atoms with Crippen molar-refractivity contribution in [2.24, 2.45) is 11.8 Å². The van der Waals surface area contributed by atoms with Crippen molar-refractivity contribution >= 4 is 31.7 Å². The first kappa shape index (κ1) is 25.1. The summed E-state index contributed by atoms with van der Waals surface area (Å²) >= 11 is 0. The van der Waals surface area contributed by atoms with E-state index in [1.54, 1.807) is 0 Å². The number of amides is 6. The number of hydrogen-bond acceptors (Lipinski definition) is 13. The Kier molecular flexibility index (Phi) is 5.67. The average Bonchev–Trinajstić information content (AvgIpc) is 3.26. The van der Waals surface area contributed by atoms with Crippen molar-refractivity contribution in [2.45, 2.75) is 61.2 Å². The molecule has 0 aromatic carbocycles. The van der Waals surface area contributed by atoms with E-state index in [9.17, 15) is 49.1 Å². The van der Waals surface area contributed by atoms with Crippen LogP contribution >= 0.6 is 7.82 Å². The van der Waals surface area contributed by atoms with Crippen LogP contribution in [0, 0.1) is 11.8 Å². The molecule has 0 radical (unpaired) electrons. The summed E-state index contributed by atoms with van der Waals surface area (Å²) in [4.78, 5) is 63.4. The summed E-state index contributed by atoms with van der Waals surface area (Å²) in [6.07, 6.45) is -13.2. The number of nitrogens with one attached hydrogen (secondary N) is 2. The first-order valence-electron chi connectivity index (χ1n) is 11.3. The van der Waals surface area contributed by atoms with E-state index >= 15 is 0 Å². The van der Waals surface area contributed by atoms with Crippen LogP contribution in [-0.2, 0) is 32.7 Å². The summed E-state index contributed by atoms with van der Waals surface area (Å²) in [7, 11) is -5.02. The van der Waals surface area contributed by atoms with Gasteiger partial charge in [-0.25, -0.2) is 14.2 Å². The highest BCUT2D eigenvalue weighted by atomic mass is 31.2. The fraction of sp³-hybridized carbons (Fsp3) is 0.778. The topological polar surface area (TPSA) is 254 Å². The Labute approximate surface area is 206 Å². The van der Waals surface area contributed by atoms with Gasteiger partial charge in [0.1, 0.15) is 36.6 Å². The van der Waals surface area contributed by atoms with E-state index in [-0.39, 0.29) is 0 Å². The van der Waals surface area contributed by atoms with Gasteiger partial charge >= 0.3 is 19.9 Å². The van der Waals surface area contributed by atoms with Crippen LogP contribution in [0.25, 0.3) is 0 Å². The van der Waals surface area contributed by atoms with Crippen LogP contribution in [0.1, 0.15) is 0 Å². The Hall–Kier alpha value is -2.25. The Morgan fingerprint density at radius 2 is 1.41 bits per heavy atom.